The van der Waals surface area contributed by atoms with Gasteiger partial charge < -0.3 is 15.4 Å². The van der Waals surface area contributed by atoms with E-state index in [2.05, 4.69) is 21.8 Å². The zero-order valence-corrected chi connectivity index (χ0v) is 21.1. The van der Waals surface area contributed by atoms with E-state index in [1.54, 1.807) is 31.8 Å². The average molecular weight is 491 g/mol. The molecular formula is C29H35FN4O2. The number of hydrogen-bond acceptors (Lipinski definition) is 6. The van der Waals surface area contributed by atoms with E-state index in [0.717, 1.165) is 62.0 Å². The van der Waals surface area contributed by atoms with Crippen molar-refractivity contribution in [3.8, 4) is 0 Å². The number of nitrogens with zero attached hydrogens (tertiary/aromatic N) is 3. The molecule has 190 valence electrons. The van der Waals surface area contributed by atoms with Gasteiger partial charge in [0.2, 0.25) is 0 Å². The zero-order valence-electron chi connectivity index (χ0n) is 21.1. The molecule has 0 amide bonds. The van der Waals surface area contributed by atoms with Gasteiger partial charge in [-0.1, -0.05) is 6.92 Å². The van der Waals surface area contributed by atoms with Crippen molar-refractivity contribution in [2.24, 2.45) is 11.7 Å². The number of rotatable bonds is 6. The van der Waals surface area contributed by atoms with Gasteiger partial charge in [-0.05, 0) is 79.3 Å². The zero-order chi connectivity index (χ0) is 25.2. The SMILES string of the molecule is CO[C@@H]1CCCN(c2cnc3c(C(=O)Cc4cnccc4[C@@H]4C[C@H](C)C[C@H](N)C4)ccc(F)c3c2)C1. The lowest BCUT2D eigenvalue weighted by Crippen LogP contribution is -2.39. The van der Waals surface area contributed by atoms with E-state index in [4.69, 9.17) is 10.5 Å². The van der Waals surface area contributed by atoms with Crippen LogP contribution in [0.3, 0.4) is 0 Å². The molecule has 3 aromatic rings. The highest BCUT2D eigenvalue weighted by Gasteiger charge is 2.28. The van der Waals surface area contributed by atoms with Gasteiger partial charge in [0.1, 0.15) is 5.82 Å². The Morgan fingerprint density at radius 3 is 2.89 bits per heavy atom. The maximum absolute atomic E-state index is 14.9. The number of ketones is 1. The van der Waals surface area contributed by atoms with Gasteiger partial charge in [-0.25, -0.2) is 4.39 Å². The van der Waals surface area contributed by atoms with Crippen molar-refractivity contribution in [3.63, 3.8) is 0 Å². The summed E-state index contributed by atoms with van der Waals surface area (Å²) in [5.74, 6) is 0.415. The molecule has 2 fully saturated rings. The number of carbonyl (C=O) groups excluding carboxylic acids is 1. The van der Waals surface area contributed by atoms with Crippen molar-refractivity contribution in [3.05, 3.63) is 65.4 Å². The van der Waals surface area contributed by atoms with Gasteiger partial charge in [0.25, 0.3) is 0 Å². The molecule has 3 heterocycles. The minimum absolute atomic E-state index is 0.0833. The summed E-state index contributed by atoms with van der Waals surface area (Å²) in [5, 5.41) is 0.372. The molecule has 0 radical (unpaired) electrons. The van der Waals surface area contributed by atoms with Crippen LogP contribution in [0.15, 0.2) is 42.9 Å². The molecule has 5 rings (SSSR count). The maximum atomic E-state index is 14.9. The van der Waals surface area contributed by atoms with E-state index in [1.165, 1.54) is 6.07 Å². The first kappa shape index (κ1) is 24.8. The Bertz CT molecular complexity index is 1240. The van der Waals surface area contributed by atoms with Crippen LogP contribution in [-0.2, 0) is 11.2 Å². The minimum Gasteiger partial charge on any atom is -0.380 e. The molecule has 4 atom stereocenters. The van der Waals surface area contributed by atoms with E-state index in [9.17, 15) is 9.18 Å². The summed E-state index contributed by atoms with van der Waals surface area (Å²) in [7, 11) is 1.72. The molecule has 0 bridgehead atoms. The lowest BCUT2D eigenvalue weighted by atomic mass is 9.75. The fourth-order valence-electron chi connectivity index (χ4n) is 6.10. The predicted octanol–water partition coefficient (Wildman–Crippen LogP) is 5.04. The molecule has 1 aromatic carbocycles. The number of carbonyl (C=O) groups is 1. The Hall–Kier alpha value is -2.90. The summed E-state index contributed by atoms with van der Waals surface area (Å²) in [6, 6.07) is 6.95. The molecule has 2 aliphatic rings. The van der Waals surface area contributed by atoms with E-state index in [-0.39, 0.29) is 30.2 Å². The molecular weight excluding hydrogens is 455 g/mol. The molecule has 7 heteroatoms. The van der Waals surface area contributed by atoms with Crippen LogP contribution in [0.2, 0.25) is 0 Å². The summed E-state index contributed by atoms with van der Waals surface area (Å²) >= 11 is 0. The van der Waals surface area contributed by atoms with Crippen LogP contribution in [0.4, 0.5) is 10.1 Å². The van der Waals surface area contributed by atoms with E-state index in [1.807, 2.05) is 12.1 Å². The second-order valence-electron chi connectivity index (χ2n) is 10.6. The van der Waals surface area contributed by atoms with Crippen molar-refractivity contribution in [1.82, 2.24) is 9.97 Å². The van der Waals surface area contributed by atoms with Crippen molar-refractivity contribution >= 4 is 22.4 Å². The van der Waals surface area contributed by atoms with Gasteiger partial charge >= 0.3 is 0 Å². The Morgan fingerprint density at radius 1 is 1.22 bits per heavy atom. The third kappa shape index (κ3) is 5.13. The molecule has 2 N–H and O–H groups in total. The number of methoxy groups -OCH3 is 1. The number of benzene rings is 1. The number of piperidine rings is 1. The third-order valence-corrected chi connectivity index (χ3v) is 7.87. The largest absolute Gasteiger partial charge is 0.380 e. The minimum atomic E-state index is -0.372. The van der Waals surface area contributed by atoms with Gasteiger partial charge in [0.05, 0.1) is 23.5 Å². The average Bonchev–Trinajstić information content (AvgIpc) is 2.88. The fraction of sp³-hybridized carbons (Fsp3) is 0.483. The summed E-state index contributed by atoms with van der Waals surface area (Å²) in [6.45, 7) is 3.86. The van der Waals surface area contributed by atoms with Crippen LogP contribution in [0.5, 0.6) is 0 Å². The van der Waals surface area contributed by atoms with Gasteiger partial charge in [0, 0.05) is 56.0 Å². The van der Waals surface area contributed by atoms with Crippen molar-refractivity contribution < 1.29 is 13.9 Å². The normalized spacial score (nSPS) is 24.7. The molecule has 36 heavy (non-hydrogen) atoms. The number of aromatic nitrogens is 2. The predicted molar refractivity (Wildman–Crippen MR) is 140 cm³/mol. The molecule has 0 unspecified atom stereocenters. The summed E-state index contributed by atoms with van der Waals surface area (Å²) in [6.07, 6.45) is 10.7. The molecule has 1 saturated carbocycles. The Labute approximate surface area is 212 Å². The standard InChI is InChI=1S/C29H35FN4O2/c1-18-10-19(12-21(31)11-18)24-7-8-32-15-20(24)13-28(35)25-5-6-27(30)26-14-22(16-33-29(25)26)34-9-3-4-23(17-34)36-2/h5-8,14-16,18-19,21,23H,3-4,9-13,17,31H2,1-2H3/t18-,19+,21-,23+/m0/s1. The highest BCUT2D eigenvalue weighted by Crippen LogP contribution is 2.37. The van der Waals surface area contributed by atoms with Crippen LogP contribution < -0.4 is 10.6 Å². The van der Waals surface area contributed by atoms with Crippen molar-refractivity contribution in [2.75, 3.05) is 25.1 Å². The lowest BCUT2D eigenvalue weighted by Gasteiger charge is -2.33. The number of anilines is 1. The maximum Gasteiger partial charge on any atom is 0.169 e. The van der Waals surface area contributed by atoms with Crippen LogP contribution in [0.25, 0.3) is 10.9 Å². The van der Waals surface area contributed by atoms with Gasteiger partial charge in [0.15, 0.2) is 5.78 Å². The van der Waals surface area contributed by atoms with Gasteiger partial charge in [-0.2, -0.15) is 0 Å². The fourth-order valence-corrected chi connectivity index (χ4v) is 6.10. The van der Waals surface area contributed by atoms with E-state index in [0.29, 0.717) is 28.3 Å². The molecule has 2 aromatic heterocycles. The van der Waals surface area contributed by atoms with Crippen LogP contribution in [0.1, 0.15) is 66.4 Å². The van der Waals surface area contributed by atoms with E-state index >= 15 is 0 Å². The highest BCUT2D eigenvalue weighted by atomic mass is 19.1. The molecule has 1 saturated heterocycles. The van der Waals surface area contributed by atoms with Crippen LogP contribution >= 0.6 is 0 Å². The number of pyridine rings is 2. The van der Waals surface area contributed by atoms with Crippen molar-refractivity contribution in [2.45, 2.75) is 63.5 Å². The summed E-state index contributed by atoms with van der Waals surface area (Å²) in [4.78, 5) is 24.6. The first-order valence-corrected chi connectivity index (χ1v) is 13.0. The Kier molecular flexibility index (Phi) is 7.30. The monoisotopic (exact) mass is 490 g/mol. The summed E-state index contributed by atoms with van der Waals surface area (Å²) < 4.78 is 20.4. The number of nitrogens with two attached hydrogens (primary N) is 1. The molecule has 0 spiro atoms. The number of fused-ring (bicyclic) bond motifs is 1. The summed E-state index contributed by atoms with van der Waals surface area (Å²) in [5.41, 5.74) is 10.1. The second-order valence-corrected chi connectivity index (χ2v) is 10.6. The highest BCUT2D eigenvalue weighted by molar-refractivity contribution is 6.08. The topological polar surface area (TPSA) is 81.3 Å². The first-order chi connectivity index (χ1) is 17.4. The lowest BCUT2D eigenvalue weighted by molar-refractivity contribution is 0.0893. The Morgan fingerprint density at radius 2 is 2.08 bits per heavy atom. The molecule has 6 nitrogen and oxygen atoms in total. The van der Waals surface area contributed by atoms with Crippen molar-refractivity contribution in [1.29, 1.82) is 0 Å². The number of hydrogen-bond donors (Lipinski definition) is 1. The Balaban J connectivity index is 1.42. The van der Waals surface area contributed by atoms with Gasteiger partial charge in [-0.15, -0.1) is 0 Å². The van der Waals surface area contributed by atoms with E-state index < -0.39 is 0 Å². The number of Topliss-reactive ketones (excluding diaryl/α,β-unsaturated/α-hetero) is 1. The second kappa shape index (κ2) is 10.6. The number of halogens is 1. The quantitative estimate of drug-likeness (QED) is 0.488. The smallest absolute Gasteiger partial charge is 0.169 e. The third-order valence-electron chi connectivity index (χ3n) is 7.87. The first-order valence-electron chi connectivity index (χ1n) is 13.0. The number of ether oxygens (including phenoxy) is 1. The van der Waals surface area contributed by atoms with Crippen LogP contribution in [-0.4, -0.2) is 48.1 Å². The van der Waals surface area contributed by atoms with Crippen LogP contribution in [0, 0.1) is 11.7 Å². The van der Waals surface area contributed by atoms with Gasteiger partial charge in [-0.3, -0.25) is 14.8 Å². The molecule has 1 aliphatic carbocycles. The molecule has 1 aliphatic heterocycles.